The average molecular weight is 455 g/mol. The van der Waals surface area contributed by atoms with E-state index in [1.54, 1.807) is 14.5 Å². The molecule has 3 rings (SSSR count). The van der Waals surface area contributed by atoms with Gasteiger partial charge in [0.1, 0.15) is 11.4 Å². The van der Waals surface area contributed by atoms with Crippen molar-refractivity contribution in [2.75, 3.05) is 52.1 Å². The van der Waals surface area contributed by atoms with Crippen molar-refractivity contribution in [1.29, 1.82) is 0 Å². The van der Waals surface area contributed by atoms with E-state index >= 15 is 0 Å². The largest absolute Gasteiger partial charge is 0.342 e. The minimum absolute atomic E-state index is 0.00934. The van der Waals surface area contributed by atoms with Crippen LogP contribution in [0.3, 0.4) is 0 Å². The van der Waals surface area contributed by atoms with Crippen molar-refractivity contribution in [1.82, 2.24) is 24.5 Å². The van der Waals surface area contributed by atoms with Gasteiger partial charge >= 0.3 is 0 Å². The first kappa shape index (κ1) is 24.4. The monoisotopic (exact) mass is 454 g/mol. The zero-order chi connectivity index (χ0) is 24.0. The third-order valence-corrected chi connectivity index (χ3v) is 5.91. The highest BCUT2D eigenvalue weighted by Crippen LogP contribution is 2.25. The summed E-state index contributed by atoms with van der Waals surface area (Å²) >= 11 is 0. The van der Waals surface area contributed by atoms with Gasteiger partial charge in [-0.25, -0.2) is 4.68 Å². The van der Waals surface area contributed by atoms with Crippen molar-refractivity contribution >= 4 is 23.5 Å². The van der Waals surface area contributed by atoms with Gasteiger partial charge in [0, 0.05) is 32.6 Å². The Morgan fingerprint density at radius 2 is 1.85 bits per heavy atom. The van der Waals surface area contributed by atoms with Gasteiger partial charge in [0.05, 0.1) is 17.8 Å². The molecule has 0 aliphatic carbocycles. The van der Waals surface area contributed by atoms with Gasteiger partial charge in [-0.15, -0.1) is 0 Å². The molecule has 1 atom stereocenters. The molecule has 1 fully saturated rings. The van der Waals surface area contributed by atoms with E-state index < -0.39 is 5.92 Å². The maximum absolute atomic E-state index is 13.2. The number of carbonyl (C=O) groups excluding carboxylic acids is 3. The number of carbonyl (C=O) groups is 3. The van der Waals surface area contributed by atoms with E-state index in [0.717, 1.165) is 18.7 Å². The SMILES string of the molecule is CCN(CC)C(=O)c1cnn(-c2ccccc2)c1NC(=O)C1CC(=O)N(CCCN(C)C)C1. The van der Waals surface area contributed by atoms with E-state index in [2.05, 4.69) is 15.3 Å². The van der Waals surface area contributed by atoms with Gasteiger partial charge in [-0.3, -0.25) is 14.4 Å². The average Bonchev–Trinajstić information content (AvgIpc) is 3.38. The maximum atomic E-state index is 13.2. The standard InChI is InChI=1S/C24H34N6O3/c1-5-28(6-2)24(33)20-16-25-30(19-11-8-7-9-12-19)22(20)26-23(32)18-15-21(31)29(17-18)14-10-13-27(3)4/h7-9,11-12,16,18H,5-6,10,13-15,17H2,1-4H3,(H,26,32). The van der Waals surface area contributed by atoms with Gasteiger partial charge in [0.25, 0.3) is 5.91 Å². The Labute approximate surface area is 195 Å². The zero-order valence-corrected chi connectivity index (χ0v) is 20.0. The third-order valence-electron chi connectivity index (χ3n) is 5.91. The van der Waals surface area contributed by atoms with Crippen LogP contribution in [0.2, 0.25) is 0 Å². The van der Waals surface area contributed by atoms with Gasteiger partial charge in [-0.05, 0) is 53.0 Å². The second-order valence-corrected chi connectivity index (χ2v) is 8.52. The van der Waals surface area contributed by atoms with Gasteiger partial charge in [0.2, 0.25) is 11.8 Å². The molecule has 0 radical (unpaired) electrons. The Morgan fingerprint density at radius 3 is 2.48 bits per heavy atom. The first-order chi connectivity index (χ1) is 15.8. The first-order valence-electron chi connectivity index (χ1n) is 11.5. The third kappa shape index (κ3) is 5.78. The van der Waals surface area contributed by atoms with Crippen LogP contribution in [-0.2, 0) is 9.59 Å². The summed E-state index contributed by atoms with van der Waals surface area (Å²) in [4.78, 5) is 44.3. The summed E-state index contributed by atoms with van der Waals surface area (Å²) in [6.45, 7) is 6.84. The van der Waals surface area contributed by atoms with Gasteiger partial charge in [-0.2, -0.15) is 5.10 Å². The molecule has 3 amide bonds. The van der Waals surface area contributed by atoms with Crippen LogP contribution in [0.1, 0.15) is 37.0 Å². The number of para-hydroxylation sites is 1. The smallest absolute Gasteiger partial charge is 0.259 e. The molecule has 0 bridgehead atoms. The zero-order valence-electron chi connectivity index (χ0n) is 20.0. The number of benzene rings is 1. The van der Waals surface area contributed by atoms with Crippen molar-refractivity contribution in [2.45, 2.75) is 26.7 Å². The lowest BCUT2D eigenvalue weighted by Gasteiger charge is -2.20. The van der Waals surface area contributed by atoms with E-state index in [1.807, 2.05) is 58.3 Å². The lowest BCUT2D eigenvalue weighted by atomic mass is 10.1. The summed E-state index contributed by atoms with van der Waals surface area (Å²) in [5, 5.41) is 7.32. The molecule has 9 heteroatoms. The quantitative estimate of drug-likeness (QED) is 0.594. The fourth-order valence-electron chi connectivity index (χ4n) is 4.03. The van der Waals surface area contributed by atoms with Crippen LogP contribution in [0, 0.1) is 5.92 Å². The Balaban J connectivity index is 1.81. The molecule has 1 aromatic heterocycles. The molecule has 1 aliphatic rings. The van der Waals surface area contributed by atoms with Gasteiger partial charge in [0.15, 0.2) is 0 Å². The highest BCUT2D eigenvalue weighted by atomic mass is 16.2. The minimum atomic E-state index is -0.465. The molecular weight excluding hydrogens is 420 g/mol. The number of likely N-dealkylation sites (tertiary alicyclic amines) is 1. The Hall–Kier alpha value is -3.20. The van der Waals surface area contributed by atoms with Crippen molar-refractivity contribution in [3.05, 3.63) is 42.1 Å². The molecule has 9 nitrogen and oxygen atoms in total. The molecule has 1 aliphatic heterocycles. The summed E-state index contributed by atoms with van der Waals surface area (Å²) in [7, 11) is 3.99. The van der Waals surface area contributed by atoms with Crippen molar-refractivity contribution in [3.8, 4) is 5.69 Å². The Morgan fingerprint density at radius 1 is 1.15 bits per heavy atom. The van der Waals surface area contributed by atoms with E-state index in [0.29, 0.717) is 37.6 Å². The summed E-state index contributed by atoms with van der Waals surface area (Å²) in [6.07, 6.45) is 2.53. The molecule has 33 heavy (non-hydrogen) atoms. The lowest BCUT2D eigenvalue weighted by molar-refractivity contribution is -0.128. The fourth-order valence-corrected chi connectivity index (χ4v) is 4.03. The van der Waals surface area contributed by atoms with Crippen LogP contribution in [0.15, 0.2) is 36.5 Å². The second-order valence-electron chi connectivity index (χ2n) is 8.52. The lowest BCUT2D eigenvalue weighted by Crippen LogP contribution is -2.33. The highest BCUT2D eigenvalue weighted by molar-refractivity contribution is 6.04. The predicted molar refractivity (Wildman–Crippen MR) is 127 cm³/mol. The van der Waals surface area contributed by atoms with Crippen molar-refractivity contribution < 1.29 is 14.4 Å². The normalized spacial score (nSPS) is 15.8. The molecule has 1 aromatic carbocycles. The summed E-state index contributed by atoms with van der Waals surface area (Å²) in [5.41, 5.74) is 1.07. The minimum Gasteiger partial charge on any atom is -0.342 e. The summed E-state index contributed by atoms with van der Waals surface area (Å²) in [5.74, 6) is -0.603. The number of aromatic nitrogens is 2. The maximum Gasteiger partial charge on any atom is 0.259 e. The van der Waals surface area contributed by atoms with E-state index in [1.165, 1.54) is 6.20 Å². The number of rotatable bonds is 10. The fraction of sp³-hybridized carbons (Fsp3) is 0.500. The predicted octanol–water partition coefficient (Wildman–Crippen LogP) is 2.09. The molecular formula is C24H34N6O3. The molecule has 0 saturated carbocycles. The van der Waals surface area contributed by atoms with E-state index in [4.69, 9.17) is 0 Å². The number of nitrogens with zero attached hydrogens (tertiary/aromatic N) is 5. The molecule has 2 heterocycles. The first-order valence-corrected chi connectivity index (χ1v) is 11.5. The Bertz CT molecular complexity index is 968. The highest BCUT2D eigenvalue weighted by Gasteiger charge is 2.35. The van der Waals surface area contributed by atoms with Crippen LogP contribution >= 0.6 is 0 Å². The Kier molecular flexibility index (Phi) is 8.21. The second kappa shape index (κ2) is 11.1. The topological polar surface area (TPSA) is 90.8 Å². The van der Waals surface area contributed by atoms with E-state index in [-0.39, 0.29) is 24.1 Å². The van der Waals surface area contributed by atoms with E-state index in [9.17, 15) is 14.4 Å². The molecule has 1 N–H and O–H groups in total. The number of hydrogen-bond acceptors (Lipinski definition) is 5. The number of amides is 3. The molecule has 2 aromatic rings. The summed E-state index contributed by atoms with van der Waals surface area (Å²) < 4.78 is 1.57. The molecule has 178 valence electrons. The van der Waals surface area contributed by atoms with Crippen LogP contribution in [0.5, 0.6) is 0 Å². The van der Waals surface area contributed by atoms with Crippen LogP contribution in [-0.4, -0.2) is 89.0 Å². The number of nitrogens with one attached hydrogen (secondary N) is 1. The van der Waals surface area contributed by atoms with Crippen molar-refractivity contribution in [2.24, 2.45) is 5.92 Å². The number of anilines is 1. The molecule has 0 spiro atoms. The summed E-state index contributed by atoms with van der Waals surface area (Å²) in [6, 6.07) is 9.35. The van der Waals surface area contributed by atoms with Crippen LogP contribution < -0.4 is 5.32 Å². The molecule has 1 saturated heterocycles. The van der Waals surface area contributed by atoms with Crippen molar-refractivity contribution in [3.63, 3.8) is 0 Å². The number of hydrogen-bond donors (Lipinski definition) is 1. The van der Waals surface area contributed by atoms with Gasteiger partial charge in [-0.1, -0.05) is 18.2 Å². The van der Waals surface area contributed by atoms with Crippen LogP contribution in [0.25, 0.3) is 5.69 Å². The molecule has 1 unspecified atom stereocenters. The van der Waals surface area contributed by atoms with Gasteiger partial charge < -0.3 is 20.0 Å². The van der Waals surface area contributed by atoms with Crippen LogP contribution in [0.4, 0.5) is 5.82 Å².